The van der Waals surface area contributed by atoms with Crippen LogP contribution in [0.3, 0.4) is 0 Å². The van der Waals surface area contributed by atoms with E-state index < -0.39 is 0 Å². The van der Waals surface area contributed by atoms with Gasteiger partial charge in [0.2, 0.25) is 0 Å². The van der Waals surface area contributed by atoms with Crippen LogP contribution in [0, 0.1) is 29.6 Å². The molecule has 200 valence electrons. The van der Waals surface area contributed by atoms with Crippen LogP contribution in [0.15, 0.2) is 156 Å². The van der Waals surface area contributed by atoms with Crippen molar-refractivity contribution >= 4 is 11.1 Å². The number of allylic oxidation sites excluding steroid dienone is 22. The van der Waals surface area contributed by atoms with Crippen LogP contribution in [-0.4, -0.2) is 0 Å². The zero-order valence-corrected chi connectivity index (χ0v) is 24.0. The van der Waals surface area contributed by atoms with Crippen molar-refractivity contribution in [3.63, 3.8) is 0 Å². The van der Waals surface area contributed by atoms with E-state index in [9.17, 15) is 0 Å². The summed E-state index contributed by atoms with van der Waals surface area (Å²) in [6.07, 6.45) is 44.0. The molecule has 40 heavy (non-hydrogen) atoms. The van der Waals surface area contributed by atoms with Gasteiger partial charge in [0, 0.05) is 23.7 Å². The molecular formula is C40H40. The average molecular weight is 521 g/mol. The van der Waals surface area contributed by atoms with Gasteiger partial charge in [-0.3, -0.25) is 0 Å². The van der Waals surface area contributed by atoms with E-state index >= 15 is 0 Å². The van der Waals surface area contributed by atoms with Crippen molar-refractivity contribution in [2.75, 3.05) is 0 Å². The Labute approximate surface area is 240 Å². The largest absolute Gasteiger partial charge is 0.0911 e. The van der Waals surface area contributed by atoms with Gasteiger partial charge in [-0.1, -0.05) is 141 Å². The maximum Gasteiger partial charge on any atom is 0.0134 e. The monoisotopic (exact) mass is 520 g/mol. The van der Waals surface area contributed by atoms with E-state index in [4.69, 9.17) is 0 Å². The molecule has 0 heteroatoms. The molecule has 1 aromatic carbocycles. The maximum atomic E-state index is 2.45. The van der Waals surface area contributed by atoms with Crippen molar-refractivity contribution in [1.29, 1.82) is 0 Å². The Morgan fingerprint density at radius 3 is 2.12 bits per heavy atom. The van der Waals surface area contributed by atoms with E-state index in [-0.39, 0.29) is 0 Å². The van der Waals surface area contributed by atoms with Gasteiger partial charge >= 0.3 is 0 Å². The summed E-state index contributed by atoms with van der Waals surface area (Å²) in [5.74, 6) is 1.80. The first-order valence-corrected chi connectivity index (χ1v) is 15.0. The maximum absolute atomic E-state index is 2.45. The molecule has 1 aromatic rings. The van der Waals surface area contributed by atoms with Gasteiger partial charge in [0.15, 0.2) is 0 Å². The van der Waals surface area contributed by atoms with Crippen LogP contribution in [0.2, 0.25) is 0 Å². The summed E-state index contributed by atoms with van der Waals surface area (Å²) >= 11 is 0. The topological polar surface area (TPSA) is 0 Å². The van der Waals surface area contributed by atoms with Crippen LogP contribution < -0.4 is 10.4 Å². The Bertz CT molecular complexity index is 1630. The van der Waals surface area contributed by atoms with Gasteiger partial charge in [-0.2, -0.15) is 0 Å². The van der Waals surface area contributed by atoms with Gasteiger partial charge in [-0.05, 0) is 76.5 Å². The highest BCUT2D eigenvalue weighted by molar-refractivity contribution is 5.82. The standard InChI is InChI=1S/C40H40/c1-4-15-28(3)29(5-2)24-25-30-26-27-38(33-19-10-9-18-32(30)33)40-36-22-13-11-20-34(36)39(31-16-7-6-8-17-31)35-21-12-14-23-37(35)40/h4-7,9-16,18-28,32-34,36H,8,17H2,1-3H3. The number of rotatable bonds is 6. The first-order chi connectivity index (χ1) is 19.7. The Morgan fingerprint density at radius 2 is 1.45 bits per heavy atom. The predicted octanol–water partition coefficient (Wildman–Crippen LogP) is 8.58. The third kappa shape index (κ3) is 4.81. The Kier molecular flexibility index (Phi) is 7.69. The van der Waals surface area contributed by atoms with Crippen molar-refractivity contribution < 1.29 is 0 Å². The first-order valence-electron chi connectivity index (χ1n) is 15.0. The fraction of sp³-hybridized carbons (Fsp3) is 0.250. The third-order valence-electron chi connectivity index (χ3n) is 9.12. The molecule has 0 saturated heterocycles. The van der Waals surface area contributed by atoms with E-state index in [0.29, 0.717) is 29.6 Å². The zero-order valence-electron chi connectivity index (χ0n) is 24.0. The summed E-state index contributed by atoms with van der Waals surface area (Å²) in [5.41, 5.74) is 8.73. The molecular weight excluding hydrogens is 480 g/mol. The highest BCUT2D eigenvalue weighted by atomic mass is 14.4. The van der Waals surface area contributed by atoms with Crippen LogP contribution in [0.1, 0.15) is 33.6 Å². The fourth-order valence-electron chi connectivity index (χ4n) is 7.20. The van der Waals surface area contributed by atoms with Crippen molar-refractivity contribution in [2.24, 2.45) is 29.6 Å². The zero-order chi connectivity index (χ0) is 27.5. The van der Waals surface area contributed by atoms with Gasteiger partial charge in [0.1, 0.15) is 0 Å². The molecule has 5 atom stereocenters. The first kappa shape index (κ1) is 26.3. The Morgan fingerprint density at radius 1 is 0.775 bits per heavy atom. The molecule has 0 aliphatic heterocycles. The predicted molar refractivity (Wildman–Crippen MR) is 173 cm³/mol. The normalized spacial score (nSPS) is 27.9. The van der Waals surface area contributed by atoms with Gasteiger partial charge in [0.25, 0.3) is 0 Å². The summed E-state index contributed by atoms with van der Waals surface area (Å²) in [4.78, 5) is 0. The van der Waals surface area contributed by atoms with E-state index in [1.54, 1.807) is 0 Å². The molecule has 0 nitrogen and oxygen atoms in total. The lowest BCUT2D eigenvalue weighted by Gasteiger charge is -2.39. The van der Waals surface area contributed by atoms with E-state index in [1.165, 1.54) is 43.9 Å². The molecule has 0 N–H and O–H groups in total. The molecule has 0 fully saturated rings. The van der Waals surface area contributed by atoms with E-state index in [1.807, 2.05) is 0 Å². The van der Waals surface area contributed by atoms with E-state index in [0.717, 1.165) is 12.8 Å². The van der Waals surface area contributed by atoms with Crippen LogP contribution >= 0.6 is 0 Å². The molecule has 0 saturated carbocycles. The number of hydrogen-bond acceptors (Lipinski definition) is 0. The lowest BCUT2D eigenvalue weighted by Crippen LogP contribution is -2.41. The molecule has 5 aliphatic rings. The molecule has 0 amide bonds. The average Bonchev–Trinajstić information content (AvgIpc) is 3.01. The van der Waals surface area contributed by atoms with Crippen molar-refractivity contribution in [2.45, 2.75) is 33.6 Å². The molecule has 0 aromatic heterocycles. The number of fused-ring (bicyclic) bond motifs is 3. The highest BCUT2D eigenvalue weighted by Crippen LogP contribution is 2.47. The summed E-state index contributed by atoms with van der Waals surface area (Å²) in [7, 11) is 0. The summed E-state index contributed by atoms with van der Waals surface area (Å²) in [5, 5.41) is 2.82. The van der Waals surface area contributed by atoms with Crippen LogP contribution in [0.4, 0.5) is 0 Å². The highest BCUT2D eigenvalue weighted by Gasteiger charge is 2.37. The minimum absolute atomic E-state index is 0.332. The second kappa shape index (κ2) is 11.7. The summed E-state index contributed by atoms with van der Waals surface area (Å²) in [6.45, 7) is 6.51. The van der Waals surface area contributed by atoms with Crippen molar-refractivity contribution in [3.05, 3.63) is 166 Å². The van der Waals surface area contributed by atoms with Gasteiger partial charge in [-0.25, -0.2) is 0 Å². The lowest BCUT2D eigenvalue weighted by atomic mass is 9.64. The number of hydrogen-bond donors (Lipinski definition) is 0. The minimum atomic E-state index is 0.332. The molecule has 6 rings (SSSR count). The second-order valence-corrected chi connectivity index (χ2v) is 11.4. The minimum Gasteiger partial charge on any atom is -0.0911 e. The quantitative estimate of drug-likeness (QED) is 0.260. The number of benzene rings is 1. The van der Waals surface area contributed by atoms with E-state index in [2.05, 4.69) is 154 Å². The van der Waals surface area contributed by atoms with Crippen LogP contribution in [-0.2, 0) is 0 Å². The van der Waals surface area contributed by atoms with Gasteiger partial charge in [-0.15, -0.1) is 0 Å². The third-order valence-corrected chi connectivity index (χ3v) is 9.12. The Hall–Kier alpha value is -3.90. The molecule has 0 spiro atoms. The van der Waals surface area contributed by atoms with Crippen molar-refractivity contribution in [3.8, 4) is 0 Å². The van der Waals surface area contributed by atoms with Crippen LogP contribution in [0.25, 0.3) is 11.1 Å². The fourth-order valence-corrected chi connectivity index (χ4v) is 7.20. The molecule has 5 aliphatic carbocycles. The molecule has 0 radical (unpaired) electrons. The van der Waals surface area contributed by atoms with Crippen molar-refractivity contribution in [1.82, 2.24) is 0 Å². The molecule has 0 heterocycles. The molecule has 0 bridgehead atoms. The Balaban J connectivity index is 1.52. The second-order valence-electron chi connectivity index (χ2n) is 11.4. The SMILES string of the molecule is CC=CC(C)C(C=CC1=CC=C(C2=c3ccccc3=C(C3=CC=CCC3)C3C=CC=CC23)C2C=CC=CC12)=CC. The smallest absolute Gasteiger partial charge is 0.0134 e. The van der Waals surface area contributed by atoms with Gasteiger partial charge < -0.3 is 0 Å². The van der Waals surface area contributed by atoms with Crippen LogP contribution in [0.5, 0.6) is 0 Å². The lowest BCUT2D eigenvalue weighted by molar-refractivity contribution is 0.594. The summed E-state index contributed by atoms with van der Waals surface area (Å²) < 4.78 is 0. The van der Waals surface area contributed by atoms with Gasteiger partial charge in [0.05, 0.1) is 0 Å². The molecule has 5 unspecified atom stereocenters. The summed E-state index contributed by atoms with van der Waals surface area (Å²) in [6, 6.07) is 9.17.